The van der Waals surface area contributed by atoms with Gasteiger partial charge < -0.3 is 20.7 Å². The molecule has 6 nitrogen and oxygen atoms in total. The number of hydrogen-bond acceptors (Lipinski definition) is 6. The fourth-order valence-electron chi connectivity index (χ4n) is 4.18. The molecule has 1 fully saturated rings. The van der Waals surface area contributed by atoms with Crippen molar-refractivity contribution in [2.24, 2.45) is 10.7 Å². The molecule has 29 heavy (non-hydrogen) atoms. The Morgan fingerprint density at radius 3 is 2.72 bits per heavy atom. The molecular weight excluding hydrogens is 454 g/mol. The Labute approximate surface area is 184 Å². The van der Waals surface area contributed by atoms with Gasteiger partial charge in [-0.1, -0.05) is 28.1 Å². The largest absolute Gasteiger partial charge is 0.378 e. The number of ether oxygens (including phenoxy) is 1. The normalized spacial score (nSPS) is 20.8. The van der Waals surface area contributed by atoms with Crippen LogP contribution in [0.2, 0.25) is 0 Å². The van der Waals surface area contributed by atoms with Crippen LogP contribution in [0.4, 0.5) is 5.82 Å². The van der Waals surface area contributed by atoms with Crippen LogP contribution in [0.1, 0.15) is 29.2 Å². The molecule has 1 unspecified atom stereocenters. The minimum absolute atomic E-state index is 0. The van der Waals surface area contributed by atoms with Gasteiger partial charge in [-0.05, 0) is 47.7 Å². The highest BCUT2D eigenvalue weighted by Gasteiger charge is 2.30. The van der Waals surface area contributed by atoms with Crippen molar-refractivity contribution in [2.75, 3.05) is 31.2 Å². The van der Waals surface area contributed by atoms with Crippen LogP contribution in [0, 0.1) is 0 Å². The Morgan fingerprint density at radius 2 is 1.97 bits per heavy atom. The Kier molecular flexibility index (Phi) is 5.81. The average Bonchev–Trinajstić information content (AvgIpc) is 2.74. The van der Waals surface area contributed by atoms with Gasteiger partial charge in [0.2, 0.25) is 0 Å². The predicted octanol–water partition coefficient (Wildman–Crippen LogP) is 3.42. The standard InChI is InChI=1S/C21H22BrN5O.ClH/c22-15-4-1-13-2-5-16-19(25-21(23)26-20(16)17(13)11-15)14-3-6-18(24-12-14)27-7-9-28-10-8-27;/h1,3-4,6,11-12,19H,2,5,7-10H2,(H3,23,25,26);1H. The summed E-state index contributed by atoms with van der Waals surface area (Å²) in [5.74, 6) is 1.44. The molecule has 1 atom stereocenters. The number of nitrogens with two attached hydrogens (primary N) is 1. The van der Waals surface area contributed by atoms with E-state index >= 15 is 0 Å². The number of nitrogens with one attached hydrogen (secondary N) is 1. The van der Waals surface area contributed by atoms with Crippen LogP contribution >= 0.6 is 28.3 Å². The van der Waals surface area contributed by atoms with Crippen molar-refractivity contribution in [3.05, 3.63) is 63.3 Å². The van der Waals surface area contributed by atoms with Gasteiger partial charge in [0.25, 0.3) is 0 Å². The zero-order chi connectivity index (χ0) is 19.1. The number of aromatic nitrogens is 1. The summed E-state index contributed by atoms with van der Waals surface area (Å²) in [6.07, 6.45) is 3.91. The topological polar surface area (TPSA) is 75.8 Å². The lowest BCUT2D eigenvalue weighted by Crippen LogP contribution is -2.37. The molecule has 3 N–H and O–H groups in total. The van der Waals surface area contributed by atoms with Gasteiger partial charge in [-0.2, -0.15) is 0 Å². The molecule has 5 rings (SSSR count). The van der Waals surface area contributed by atoms with Gasteiger partial charge in [-0.15, -0.1) is 12.4 Å². The van der Waals surface area contributed by atoms with Crippen LogP contribution in [0.15, 0.2) is 51.6 Å². The van der Waals surface area contributed by atoms with Crippen molar-refractivity contribution in [2.45, 2.75) is 18.9 Å². The molecule has 0 spiro atoms. The molecule has 8 heteroatoms. The van der Waals surface area contributed by atoms with E-state index < -0.39 is 0 Å². The van der Waals surface area contributed by atoms with E-state index in [1.807, 2.05) is 6.20 Å². The van der Waals surface area contributed by atoms with E-state index in [0.29, 0.717) is 5.96 Å². The number of aliphatic imine (C=N–C) groups is 1. The van der Waals surface area contributed by atoms with Crippen molar-refractivity contribution in [3.63, 3.8) is 0 Å². The number of anilines is 1. The molecule has 3 heterocycles. The zero-order valence-corrected chi connectivity index (χ0v) is 18.3. The van der Waals surface area contributed by atoms with Crippen LogP contribution < -0.4 is 16.0 Å². The van der Waals surface area contributed by atoms with E-state index in [4.69, 9.17) is 20.4 Å². The Balaban J connectivity index is 0.00000205. The first kappa shape index (κ1) is 20.2. The lowest BCUT2D eigenvalue weighted by molar-refractivity contribution is 0.122. The van der Waals surface area contributed by atoms with Crippen molar-refractivity contribution < 1.29 is 4.74 Å². The van der Waals surface area contributed by atoms with Crippen LogP contribution in [-0.4, -0.2) is 37.2 Å². The van der Waals surface area contributed by atoms with E-state index in [2.05, 4.69) is 56.5 Å². The van der Waals surface area contributed by atoms with Gasteiger partial charge in [-0.25, -0.2) is 9.98 Å². The molecule has 1 aromatic heterocycles. The highest BCUT2D eigenvalue weighted by atomic mass is 79.9. The molecule has 2 aromatic rings. The molecular formula is C21H23BrClN5O. The molecule has 3 aliphatic rings. The van der Waals surface area contributed by atoms with Gasteiger partial charge in [0.15, 0.2) is 5.96 Å². The molecule has 0 saturated carbocycles. The number of nitrogens with zero attached hydrogens (tertiary/aromatic N) is 3. The molecule has 0 radical (unpaired) electrons. The van der Waals surface area contributed by atoms with Gasteiger partial charge in [-0.3, -0.25) is 0 Å². The minimum atomic E-state index is -0.0883. The number of halogens is 2. The fraction of sp³-hybridized carbons (Fsp3) is 0.333. The highest BCUT2D eigenvalue weighted by molar-refractivity contribution is 9.10. The number of pyridine rings is 1. The van der Waals surface area contributed by atoms with Crippen molar-refractivity contribution in [3.8, 4) is 0 Å². The number of morpholine rings is 1. The smallest absolute Gasteiger partial charge is 0.194 e. The Hall–Kier alpha value is -2.09. The molecule has 2 aliphatic heterocycles. The van der Waals surface area contributed by atoms with E-state index in [9.17, 15) is 0 Å². The van der Waals surface area contributed by atoms with Crippen LogP contribution in [0.25, 0.3) is 5.70 Å². The maximum absolute atomic E-state index is 6.16. The second kappa shape index (κ2) is 8.34. The number of hydrogen-bond donors (Lipinski definition) is 2. The second-order valence-electron chi connectivity index (χ2n) is 7.29. The first-order valence-corrected chi connectivity index (χ1v) is 10.4. The monoisotopic (exact) mass is 475 g/mol. The zero-order valence-electron chi connectivity index (χ0n) is 15.9. The van der Waals surface area contributed by atoms with E-state index in [-0.39, 0.29) is 18.4 Å². The summed E-state index contributed by atoms with van der Waals surface area (Å²) in [5, 5.41) is 3.31. The molecule has 1 aromatic carbocycles. The second-order valence-corrected chi connectivity index (χ2v) is 8.21. The number of fused-ring (bicyclic) bond motifs is 2. The third-order valence-corrected chi connectivity index (χ3v) is 6.09. The van der Waals surface area contributed by atoms with Crippen LogP contribution in [-0.2, 0) is 11.2 Å². The summed E-state index contributed by atoms with van der Waals surface area (Å²) < 4.78 is 6.50. The summed E-state index contributed by atoms with van der Waals surface area (Å²) in [6, 6.07) is 10.6. The third kappa shape index (κ3) is 3.86. The maximum Gasteiger partial charge on any atom is 0.194 e. The first-order valence-electron chi connectivity index (χ1n) is 9.60. The molecule has 0 amide bonds. The Morgan fingerprint density at radius 1 is 1.14 bits per heavy atom. The van der Waals surface area contributed by atoms with E-state index in [1.165, 1.54) is 16.7 Å². The summed E-state index contributed by atoms with van der Waals surface area (Å²) >= 11 is 3.59. The van der Waals surface area contributed by atoms with E-state index in [0.717, 1.165) is 60.7 Å². The third-order valence-electron chi connectivity index (χ3n) is 5.60. The van der Waals surface area contributed by atoms with Gasteiger partial charge in [0, 0.05) is 29.3 Å². The molecule has 0 bridgehead atoms. The van der Waals surface area contributed by atoms with Gasteiger partial charge in [0.05, 0.1) is 18.9 Å². The number of guanidine groups is 1. The SMILES string of the molecule is Cl.NC1=NC(c2ccc(N3CCOCC3)nc2)C2=C(N1)c1cc(Br)ccc1CC2. The number of aryl methyl sites for hydroxylation is 1. The quantitative estimate of drug-likeness (QED) is 0.695. The molecule has 1 aliphatic carbocycles. The summed E-state index contributed by atoms with van der Waals surface area (Å²) in [6.45, 7) is 3.27. The molecule has 1 saturated heterocycles. The van der Waals surface area contributed by atoms with Gasteiger partial charge in [0.1, 0.15) is 11.9 Å². The highest BCUT2D eigenvalue weighted by Crippen LogP contribution is 2.41. The first-order chi connectivity index (χ1) is 13.7. The number of rotatable bonds is 2. The van der Waals surface area contributed by atoms with E-state index in [1.54, 1.807) is 0 Å². The fourth-order valence-corrected chi connectivity index (χ4v) is 4.54. The maximum atomic E-state index is 6.16. The lowest BCUT2D eigenvalue weighted by Gasteiger charge is -2.32. The summed E-state index contributed by atoms with van der Waals surface area (Å²) in [5.41, 5.74) is 12.2. The van der Waals surface area contributed by atoms with Crippen LogP contribution in [0.5, 0.6) is 0 Å². The predicted molar refractivity (Wildman–Crippen MR) is 121 cm³/mol. The summed E-state index contributed by atoms with van der Waals surface area (Å²) in [4.78, 5) is 11.7. The summed E-state index contributed by atoms with van der Waals surface area (Å²) in [7, 11) is 0. The lowest BCUT2D eigenvalue weighted by atomic mass is 9.83. The van der Waals surface area contributed by atoms with Crippen molar-refractivity contribution in [1.29, 1.82) is 0 Å². The minimum Gasteiger partial charge on any atom is -0.378 e. The van der Waals surface area contributed by atoms with Crippen molar-refractivity contribution >= 4 is 45.8 Å². The van der Waals surface area contributed by atoms with Crippen LogP contribution in [0.3, 0.4) is 0 Å². The molecule has 152 valence electrons. The average molecular weight is 477 g/mol. The number of benzene rings is 1. The van der Waals surface area contributed by atoms with Gasteiger partial charge >= 0.3 is 0 Å². The Bertz CT molecular complexity index is 970. The van der Waals surface area contributed by atoms with Crippen molar-refractivity contribution in [1.82, 2.24) is 10.3 Å².